The predicted octanol–water partition coefficient (Wildman–Crippen LogP) is 3.94. The van der Waals surface area contributed by atoms with Gasteiger partial charge in [-0.05, 0) is 43.5 Å². The van der Waals surface area contributed by atoms with Crippen LogP contribution < -0.4 is 10.6 Å². The van der Waals surface area contributed by atoms with Crippen LogP contribution in [0.1, 0.15) is 42.6 Å². The number of hydrogen-bond acceptors (Lipinski definition) is 4. The lowest BCUT2D eigenvalue weighted by atomic mass is 10.1. The average molecular weight is 410 g/mol. The van der Waals surface area contributed by atoms with Crippen LogP contribution in [0.25, 0.3) is 0 Å². The van der Waals surface area contributed by atoms with Gasteiger partial charge in [-0.25, -0.2) is 0 Å². The fourth-order valence-corrected chi connectivity index (χ4v) is 3.68. The van der Waals surface area contributed by atoms with Crippen molar-refractivity contribution in [1.29, 1.82) is 0 Å². The van der Waals surface area contributed by atoms with Crippen LogP contribution in [0.2, 0.25) is 0 Å². The predicted molar refractivity (Wildman–Crippen MR) is 120 cm³/mol. The number of rotatable bonds is 8. The van der Waals surface area contributed by atoms with Crippen LogP contribution in [-0.2, 0) is 16.0 Å². The van der Waals surface area contributed by atoms with Crippen molar-refractivity contribution in [3.8, 4) is 0 Å². The van der Waals surface area contributed by atoms with E-state index in [4.69, 9.17) is 4.74 Å². The van der Waals surface area contributed by atoms with E-state index in [-0.39, 0.29) is 11.8 Å². The summed E-state index contributed by atoms with van der Waals surface area (Å²) >= 11 is 0. The highest BCUT2D eigenvalue weighted by Gasteiger charge is 2.19. The summed E-state index contributed by atoms with van der Waals surface area (Å²) < 4.78 is 5.39. The van der Waals surface area contributed by atoms with Gasteiger partial charge in [-0.1, -0.05) is 37.3 Å². The summed E-state index contributed by atoms with van der Waals surface area (Å²) in [5.74, 6) is -0.308. The van der Waals surface area contributed by atoms with Crippen LogP contribution in [0.4, 0.5) is 11.4 Å². The molecule has 3 rings (SSSR count). The van der Waals surface area contributed by atoms with Crippen molar-refractivity contribution in [3.05, 3.63) is 59.7 Å². The number of carbonyl (C=O) groups is 2. The van der Waals surface area contributed by atoms with Crippen LogP contribution in [0.5, 0.6) is 0 Å². The van der Waals surface area contributed by atoms with Gasteiger partial charge in [0.15, 0.2) is 0 Å². The Kier molecular flexibility index (Phi) is 7.99. The maximum Gasteiger partial charge on any atom is 0.257 e. The number of carbonyl (C=O) groups excluding carboxylic acids is 2. The number of benzene rings is 2. The Balaban J connectivity index is 1.60. The molecule has 0 saturated carbocycles. The van der Waals surface area contributed by atoms with E-state index >= 15 is 0 Å². The molecule has 0 aromatic heterocycles. The van der Waals surface area contributed by atoms with Crippen LogP contribution >= 0.6 is 0 Å². The maximum absolute atomic E-state index is 12.9. The van der Waals surface area contributed by atoms with E-state index < -0.39 is 0 Å². The topological polar surface area (TPSA) is 70.7 Å². The van der Waals surface area contributed by atoms with E-state index in [9.17, 15) is 9.59 Å². The number of amides is 2. The van der Waals surface area contributed by atoms with Crippen molar-refractivity contribution >= 4 is 23.2 Å². The zero-order chi connectivity index (χ0) is 21.3. The smallest absolute Gasteiger partial charge is 0.257 e. The zero-order valence-corrected chi connectivity index (χ0v) is 17.8. The van der Waals surface area contributed by atoms with Crippen LogP contribution in [0.15, 0.2) is 48.5 Å². The molecular weight excluding hydrogens is 378 g/mol. The van der Waals surface area contributed by atoms with E-state index in [0.717, 1.165) is 50.4 Å². The standard InChI is InChI=1S/C24H31N3O3/c1-3-19-8-4-6-10-21(19)26-24(29)20-9-5-7-11-22(20)25-23(28)13-12-18(2)27-14-16-30-17-15-27/h4-11,18H,3,12-17H2,1-2H3,(H,25,28)(H,26,29). The summed E-state index contributed by atoms with van der Waals surface area (Å²) in [5.41, 5.74) is 2.86. The van der Waals surface area contributed by atoms with Gasteiger partial charge in [0, 0.05) is 31.2 Å². The van der Waals surface area contributed by atoms with Crippen LogP contribution in [0, 0.1) is 0 Å². The molecule has 0 aliphatic carbocycles. The second kappa shape index (κ2) is 10.9. The Morgan fingerprint density at radius 2 is 1.67 bits per heavy atom. The highest BCUT2D eigenvalue weighted by Crippen LogP contribution is 2.21. The monoisotopic (exact) mass is 409 g/mol. The lowest BCUT2D eigenvalue weighted by molar-refractivity contribution is -0.116. The highest BCUT2D eigenvalue weighted by atomic mass is 16.5. The lowest BCUT2D eigenvalue weighted by Gasteiger charge is -2.32. The number of anilines is 2. The van der Waals surface area contributed by atoms with Gasteiger partial charge in [-0.3, -0.25) is 14.5 Å². The minimum atomic E-state index is -0.228. The molecule has 1 unspecified atom stereocenters. The quantitative estimate of drug-likeness (QED) is 0.693. The third-order valence-corrected chi connectivity index (χ3v) is 5.55. The molecule has 1 heterocycles. The van der Waals surface area contributed by atoms with Crippen molar-refractivity contribution in [1.82, 2.24) is 4.90 Å². The van der Waals surface area contributed by atoms with Gasteiger partial charge < -0.3 is 15.4 Å². The number of nitrogens with zero attached hydrogens (tertiary/aromatic N) is 1. The first-order valence-corrected chi connectivity index (χ1v) is 10.7. The summed E-state index contributed by atoms with van der Waals surface area (Å²) in [6.45, 7) is 7.51. The number of para-hydroxylation sites is 2. The molecule has 160 valence electrons. The second-order valence-electron chi connectivity index (χ2n) is 7.59. The first-order valence-electron chi connectivity index (χ1n) is 10.7. The first-order chi connectivity index (χ1) is 14.6. The summed E-state index contributed by atoms with van der Waals surface area (Å²) in [5, 5.41) is 5.90. The molecule has 0 radical (unpaired) electrons. The van der Waals surface area contributed by atoms with Crippen LogP contribution in [-0.4, -0.2) is 49.1 Å². The van der Waals surface area contributed by atoms with E-state index in [2.05, 4.69) is 29.4 Å². The number of hydrogen-bond donors (Lipinski definition) is 2. The molecular formula is C24H31N3O3. The molecule has 6 heteroatoms. The molecule has 1 aliphatic rings. The van der Waals surface area contributed by atoms with Crippen molar-refractivity contribution < 1.29 is 14.3 Å². The minimum Gasteiger partial charge on any atom is -0.379 e. The third kappa shape index (κ3) is 5.90. The van der Waals surface area contributed by atoms with E-state index in [1.807, 2.05) is 30.3 Å². The van der Waals surface area contributed by atoms with Gasteiger partial charge in [-0.15, -0.1) is 0 Å². The molecule has 2 N–H and O–H groups in total. The molecule has 2 amide bonds. The second-order valence-corrected chi connectivity index (χ2v) is 7.59. The van der Waals surface area contributed by atoms with Gasteiger partial charge in [-0.2, -0.15) is 0 Å². The fourth-order valence-electron chi connectivity index (χ4n) is 3.68. The van der Waals surface area contributed by atoms with Crippen molar-refractivity contribution in [2.45, 2.75) is 39.2 Å². The lowest BCUT2D eigenvalue weighted by Crippen LogP contribution is -2.42. The summed E-state index contributed by atoms with van der Waals surface area (Å²) in [6, 6.07) is 15.2. The molecule has 1 saturated heterocycles. The molecule has 1 fully saturated rings. The Hall–Kier alpha value is -2.70. The Morgan fingerprint density at radius 3 is 2.40 bits per heavy atom. The van der Waals surface area contributed by atoms with Gasteiger partial charge in [0.2, 0.25) is 5.91 Å². The van der Waals surface area contributed by atoms with Gasteiger partial charge in [0.25, 0.3) is 5.91 Å². The molecule has 6 nitrogen and oxygen atoms in total. The first kappa shape index (κ1) is 22.0. The number of morpholine rings is 1. The summed E-state index contributed by atoms with van der Waals surface area (Å²) in [7, 11) is 0. The zero-order valence-electron chi connectivity index (χ0n) is 17.8. The molecule has 1 aliphatic heterocycles. The average Bonchev–Trinajstić information content (AvgIpc) is 2.78. The normalized spacial score (nSPS) is 15.4. The Morgan fingerprint density at radius 1 is 1.00 bits per heavy atom. The van der Waals surface area contributed by atoms with Crippen molar-refractivity contribution in [2.24, 2.45) is 0 Å². The molecule has 2 aromatic rings. The Labute approximate surface area is 178 Å². The molecule has 30 heavy (non-hydrogen) atoms. The molecule has 0 spiro atoms. The highest BCUT2D eigenvalue weighted by molar-refractivity contribution is 6.10. The number of ether oxygens (including phenoxy) is 1. The third-order valence-electron chi connectivity index (χ3n) is 5.55. The molecule has 2 aromatic carbocycles. The van der Waals surface area contributed by atoms with Crippen LogP contribution in [0.3, 0.4) is 0 Å². The van der Waals surface area contributed by atoms with Gasteiger partial charge >= 0.3 is 0 Å². The molecule has 1 atom stereocenters. The Bertz CT molecular complexity index is 862. The van der Waals surface area contributed by atoms with E-state index in [0.29, 0.717) is 23.7 Å². The summed E-state index contributed by atoms with van der Waals surface area (Å²) in [6.07, 6.45) is 2.01. The molecule has 0 bridgehead atoms. The van der Waals surface area contributed by atoms with E-state index in [1.54, 1.807) is 18.2 Å². The number of aryl methyl sites for hydroxylation is 1. The SMILES string of the molecule is CCc1ccccc1NC(=O)c1ccccc1NC(=O)CCC(C)N1CCOCC1. The van der Waals surface area contributed by atoms with Crippen molar-refractivity contribution in [2.75, 3.05) is 36.9 Å². The summed E-state index contributed by atoms with van der Waals surface area (Å²) in [4.78, 5) is 27.8. The number of nitrogens with one attached hydrogen (secondary N) is 2. The van der Waals surface area contributed by atoms with Crippen molar-refractivity contribution in [3.63, 3.8) is 0 Å². The van der Waals surface area contributed by atoms with E-state index in [1.165, 1.54) is 0 Å². The van der Waals surface area contributed by atoms with Gasteiger partial charge in [0.1, 0.15) is 0 Å². The maximum atomic E-state index is 12.9. The minimum absolute atomic E-state index is 0.0793. The fraction of sp³-hybridized carbons (Fsp3) is 0.417. The largest absolute Gasteiger partial charge is 0.379 e. The van der Waals surface area contributed by atoms with Gasteiger partial charge in [0.05, 0.1) is 24.5 Å².